The SMILES string of the molecule is CC(C)(C)OC(=O)N[C@@H](CC[S@](=N)(=O)CCC1(c2ccccn2)CCC1)C(=O)OC(C)(C)C. The van der Waals surface area contributed by atoms with E-state index in [0.717, 1.165) is 25.0 Å². The molecule has 8 nitrogen and oxygen atoms in total. The zero-order valence-electron chi connectivity index (χ0n) is 20.7. The van der Waals surface area contributed by atoms with Crippen LogP contribution >= 0.6 is 0 Å². The largest absolute Gasteiger partial charge is 0.458 e. The molecular formula is C24H39N3O5S. The minimum Gasteiger partial charge on any atom is -0.458 e. The molecule has 0 spiro atoms. The Labute approximate surface area is 198 Å². The monoisotopic (exact) mass is 481 g/mol. The molecule has 0 saturated heterocycles. The van der Waals surface area contributed by atoms with Crippen LogP contribution in [0.25, 0.3) is 0 Å². The van der Waals surface area contributed by atoms with Gasteiger partial charge in [0.15, 0.2) is 0 Å². The van der Waals surface area contributed by atoms with Gasteiger partial charge in [0.2, 0.25) is 0 Å². The van der Waals surface area contributed by atoms with Crippen molar-refractivity contribution < 1.29 is 23.3 Å². The molecule has 1 saturated carbocycles. The van der Waals surface area contributed by atoms with Gasteiger partial charge in [-0.3, -0.25) is 9.76 Å². The van der Waals surface area contributed by atoms with E-state index in [1.165, 1.54) is 0 Å². The van der Waals surface area contributed by atoms with Crippen LogP contribution in [-0.2, 0) is 29.4 Å². The minimum absolute atomic E-state index is 0.0228. The third kappa shape index (κ3) is 8.95. The number of hydrogen-bond acceptors (Lipinski definition) is 7. The molecule has 0 aliphatic heterocycles. The normalized spacial score (nSPS) is 18.4. The van der Waals surface area contributed by atoms with Crippen molar-refractivity contribution in [2.45, 2.75) is 96.3 Å². The second kappa shape index (κ2) is 10.4. The lowest BCUT2D eigenvalue weighted by molar-refractivity contribution is -0.157. The van der Waals surface area contributed by atoms with Crippen molar-refractivity contribution in [1.82, 2.24) is 10.3 Å². The van der Waals surface area contributed by atoms with Crippen LogP contribution in [0, 0.1) is 4.78 Å². The van der Waals surface area contributed by atoms with Crippen LogP contribution in [0.1, 0.15) is 79.3 Å². The number of carbonyl (C=O) groups is 2. The van der Waals surface area contributed by atoms with Crippen molar-refractivity contribution in [3.05, 3.63) is 30.1 Å². The summed E-state index contributed by atoms with van der Waals surface area (Å²) in [5, 5.41) is 2.53. The predicted octanol–water partition coefficient (Wildman–Crippen LogP) is 4.57. The number of aromatic nitrogens is 1. The number of alkyl carbamates (subject to hydrolysis) is 1. The fraction of sp³-hybridized carbons (Fsp3) is 0.708. The van der Waals surface area contributed by atoms with Crippen LogP contribution in [0.3, 0.4) is 0 Å². The van der Waals surface area contributed by atoms with Crippen LogP contribution in [0.15, 0.2) is 24.4 Å². The van der Waals surface area contributed by atoms with Crippen molar-refractivity contribution in [3.63, 3.8) is 0 Å². The van der Waals surface area contributed by atoms with Gasteiger partial charge in [-0.15, -0.1) is 0 Å². The van der Waals surface area contributed by atoms with Crippen LogP contribution in [0.5, 0.6) is 0 Å². The molecule has 1 fully saturated rings. The molecule has 1 aromatic heterocycles. The molecule has 0 aromatic carbocycles. The molecule has 186 valence electrons. The van der Waals surface area contributed by atoms with Gasteiger partial charge in [0.25, 0.3) is 0 Å². The average molecular weight is 482 g/mol. The van der Waals surface area contributed by atoms with Crippen molar-refractivity contribution in [2.24, 2.45) is 0 Å². The Balaban J connectivity index is 2.03. The summed E-state index contributed by atoms with van der Waals surface area (Å²) in [4.78, 5) is 29.4. The Morgan fingerprint density at radius 3 is 2.24 bits per heavy atom. The predicted molar refractivity (Wildman–Crippen MR) is 129 cm³/mol. The zero-order chi connectivity index (χ0) is 24.9. The van der Waals surface area contributed by atoms with Gasteiger partial charge in [0.05, 0.1) is 0 Å². The van der Waals surface area contributed by atoms with Gasteiger partial charge in [0.1, 0.15) is 17.2 Å². The molecule has 0 unspecified atom stereocenters. The van der Waals surface area contributed by atoms with E-state index in [1.807, 2.05) is 18.2 Å². The summed E-state index contributed by atoms with van der Waals surface area (Å²) in [6.45, 7) is 10.4. The lowest BCUT2D eigenvalue weighted by Crippen LogP contribution is -2.47. The third-order valence-corrected chi connectivity index (χ3v) is 7.31. The van der Waals surface area contributed by atoms with E-state index < -0.39 is 39.0 Å². The number of esters is 1. The second-order valence-electron chi connectivity index (χ2n) is 10.8. The van der Waals surface area contributed by atoms with Gasteiger partial charge in [-0.1, -0.05) is 12.5 Å². The second-order valence-corrected chi connectivity index (χ2v) is 13.3. The van der Waals surface area contributed by atoms with Crippen molar-refractivity contribution in [1.29, 1.82) is 4.78 Å². The number of rotatable bonds is 9. The summed E-state index contributed by atoms with van der Waals surface area (Å²) < 4.78 is 32.2. The van der Waals surface area contributed by atoms with E-state index >= 15 is 0 Å². The number of nitrogens with one attached hydrogen (secondary N) is 2. The number of carbonyl (C=O) groups excluding carboxylic acids is 2. The molecule has 33 heavy (non-hydrogen) atoms. The van der Waals surface area contributed by atoms with E-state index in [9.17, 15) is 13.8 Å². The summed E-state index contributed by atoms with van der Waals surface area (Å²) in [6.07, 6.45) is 4.70. The van der Waals surface area contributed by atoms with Gasteiger partial charge in [0, 0.05) is 38.5 Å². The summed E-state index contributed by atoms with van der Waals surface area (Å²) in [6, 6.07) is 4.78. The van der Waals surface area contributed by atoms with Crippen molar-refractivity contribution >= 4 is 21.8 Å². The van der Waals surface area contributed by atoms with Gasteiger partial charge in [-0.2, -0.15) is 0 Å². The minimum atomic E-state index is -2.97. The first-order valence-electron chi connectivity index (χ1n) is 11.5. The van der Waals surface area contributed by atoms with Gasteiger partial charge < -0.3 is 14.8 Å². The molecule has 1 amide bonds. The van der Waals surface area contributed by atoms with Crippen LogP contribution in [0.4, 0.5) is 4.79 Å². The first-order valence-corrected chi connectivity index (χ1v) is 13.4. The first kappa shape index (κ1) is 27.1. The highest BCUT2D eigenvalue weighted by Crippen LogP contribution is 2.45. The van der Waals surface area contributed by atoms with Crippen LogP contribution in [-0.4, -0.2) is 50.0 Å². The Hall–Kier alpha value is -2.16. The summed E-state index contributed by atoms with van der Waals surface area (Å²) >= 11 is 0. The Morgan fingerprint density at radius 2 is 1.76 bits per heavy atom. The lowest BCUT2D eigenvalue weighted by Gasteiger charge is -2.41. The van der Waals surface area contributed by atoms with E-state index in [2.05, 4.69) is 10.3 Å². The smallest absolute Gasteiger partial charge is 0.408 e. The molecule has 0 radical (unpaired) electrons. The number of nitrogens with zero attached hydrogens (tertiary/aromatic N) is 1. The van der Waals surface area contributed by atoms with Gasteiger partial charge in [-0.05, 0) is 79.4 Å². The Morgan fingerprint density at radius 1 is 1.12 bits per heavy atom. The standard InChI is InChI=1S/C24H39N3O5S/c1-22(2,3)31-20(28)18(27-21(29)32-23(4,5)6)11-16-33(25,30)17-14-24(12-9-13-24)19-10-7-8-15-26-19/h7-8,10,15,18,25H,9,11-14,16-17H2,1-6H3,(H,27,29)/t18-,33-/m0/s1. The molecule has 2 N–H and O–H groups in total. The average Bonchev–Trinajstić information content (AvgIpc) is 2.62. The topological polar surface area (TPSA) is 118 Å². The number of hydrogen-bond donors (Lipinski definition) is 2. The maximum Gasteiger partial charge on any atom is 0.408 e. The van der Waals surface area contributed by atoms with Crippen molar-refractivity contribution in [3.8, 4) is 0 Å². The molecule has 1 aliphatic carbocycles. The number of ether oxygens (including phenoxy) is 2. The molecule has 1 aliphatic rings. The molecule has 1 heterocycles. The first-order chi connectivity index (χ1) is 15.1. The highest BCUT2D eigenvalue weighted by Gasteiger charge is 2.40. The summed E-state index contributed by atoms with van der Waals surface area (Å²) in [5.41, 5.74) is -0.602. The van der Waals surface area contributed by atoms with Gasteiger partial charge >= 0.3 is 12.1 Å². The van der Waals surface area contributed by atoms with E-state index in [-0.39, 0.29) is 23.3 Å². The lowest BCUT2D eigenvalue weighted by atomic mass is 9.65. The van der Waals surface area contributed by atoms with E-state index in [4.69, 9.17) is 14.3 Å². The fourth-order valence-corrected chi connectivity index (χ4v) is 5.30. The van der Waals surface area contributed by atoms with Crippen LogP contribution in [0.2, 0.25) is 0 Å². The molecule has 1 aromatic rings. The quantitative estimate of drug-likeness (QED) is 0.499. The molecule has 9 heteroatoms. The molecule has 2 rings (SSSR count). The Bertz CT molecular complexity index is 914. The summed E-state index contributed by atoms with van der Waals surface area (Å²) in [5.74, 6) is -0.435. The van der Waals surface area contributed by atoms with Crippen molar-refractivity contribution in [2.75, 3.05) is 11.5 Å². The fourth-order valence-electron chi connectivity index (χ4n) is 3.76. The molecular weight excluding hydrogens is 442 g/mol. The van der Waals surface area contributed by atoms with Gasteiger partial charge in [-0.25, -0.2) is 13.8 Å². The summed E-state index contributed by atoms with van der Waals surface area (Å²) in [7, 11) is -2.97. The van der Waals surface area contributed by atoms with E-state index in [1.54, 1.807) is 47.7 Å². The number of pyridine rings is 1. The molecule has 2 atom stereocenters. The van der Waals surface area contributed by atoms with Crippen LogP contribution < -0.4 is 5.32 Å². The maximum atomic E-state index is 13.1. The highest BCUT2D eigenvalue weighted by molar-refractivity contribution is 7.92. The number of amides is 1. The maximum absolute atomic E-state index is 13.1. The molecule has 0 bridgehead atoms. The highest BCUT2D eigenvalue weighted by atomic mass is 32.2. The Kier molecular flexibility index (Phi) is 8.54. The van der Waals surface area contributed by atoms with E-state index in [0.29, 0.717) is 6.42 Å². The zero-order valence-corrected chi connectivity index (χ0v) is 21.5. The third-order valence-electron chi connectivity index (χ3n) is 5.55.